The summed E-state index contributed by atoms with van der Waals surface area (Å²) in [6, 6.07) is 18.2. The third-order valence-electron chi connectivity index (χ3n) is 5.05. The first-order chi connectivity index (χ1) is 17.3. The average Bonchev–Trinajstić information content (AvgIpc) is 3.11. The Labute approximate surface area is 219 Å². The summed E-state index contributed by atoms with van der Waals surface area (Å²) in [6.45, 7) is -0.271. The van der Waals surface area contributed by atoms with Crippen LogP contribution in [0.2, 0.25) is 0 Å². The van der Waals surface area contributed by atoms with Crippen molar-refractivity contribution < 1.29 is 28.2 Å². The SMILES string of the molecule is COc1cc(/C=C2\SC(=O)N(CC(=O)Nc3ccccc3)C2=O)cc(Br)c1OCc1cccc(F)c1. The summed E-state index contributed by atoms with van der Waals surface area (Å²) in [5.41, 5.74) is 1.80. The molecule has 1 fully saturated rings. The number of anilines is 1. The van der Waals surface area contributed by atoms with Gasteiger partial charge in [-0.15, -0.1) is 0 Å². The van der Waals surface area contributed by atoms with E-state index in [-0.39, 0.29) is 17.3 Å². The molecular weight excluding hydrogens is 551 g/mol. The molecule has 0 bridgehead atoms. The first kappa shape index (κ1) is 25.5. The Balaban J connectivity index is 1.47. The van der Waals surface area contributed by atoms with Crippen molar-refractivity contribution in [3.05, 3.63) is 93.1 Å². The zero-order valence-corrected chi connectivity index (χ0v) is 21.4. The molecule has 0 radical (unpaired) electrons. The molecule has 0 spiro atoms. The van der Waals surface area contributed by atoms with Crippen LogP contribution in [0.3, 0.4) is 0 Å². The minimum absolute atomic E-state index is 0.121. The van der Waals surface area contributed by atoms with E-state index in [0.29, 0.717) is 32.8 Å². The van der Waals surface area contributed by atoms with Crippen LogP contribution in [0, 0.1) is 5.82 Å². The van der Waals surface area contributed by atoms with Crippen LogP contribution in [-0.2, 0) is 16.2 Å². The number of para-hydroxylation sites is 1. The smallest absolute Gasteiger partial charge is 0.294 e. The van der Waals surface area contributed by atoms with Crippen LogP contribution in [-0.4, -0.2) is 35.6 Å². The van der Waals surface area contributed by atoms with Crippen LogP contribution in [0.4, 0.5) is 14.9 Å². The molecule has 4 rings (SSSR count). The number of carbonyl (C=O) groups is 3. The summed E-state index contributed by atoms with van der Waals surface area (Å²) in [7, 11) is 1.47. The van der Waals surface area contributed by atoms with Gasteiger partial charge in [-0.25, -0.2) is 4.39 Å². The van der Waals surface area contributed by atoms with Crippen LogP contribution < -0.4 is 14.8 Å². The summed E-state index contributed by atoms with van der Waals surface area (Å²) >= 11 is 4.20. The molecule has 7 nitrogen and oxygen atoms in total. The van der Waals surface area contributed by atoms with Gasteiger partial charge < -0.3 is 14.8 Å². The summed E-state index contributed by atoms with van der Waals surface area (Å²) in [6.07, 6.45) is 1.55. The molecule has 0 aromatic heterocycles. The molecule has 36 heavy (non-hydrogen) atoms. The lowest BCUT2D eigenvalue weighted by atomic mass is 10.1. The molecule has 0 saturated carbocycles. The number of hydrogen-bond acceptors (Lipinski definition) is 6. The van der Waals surface area contributed by atoms with E-state index in [1.54, 1.807) is 54.6 Å². The Kier molecular flexibility index (Phi) is 8.07. The topological polar surface area (TPSA) is 84.9 Å². The molecule has 1 saturated heterocycles. The number of methoxy groups -OCH3 is 1. The van der Waals surface area contributed by atoms with Crippen LogP contribution in [0.5, 0.6) is 11.5 Å². The maximum atomic E-state index is 13.4. The standard InChI is InChI=1S/C26H20BrFN2O5S/c1-34-21-12-17(11-20(27)24(21)35-15-16-6-5-7-18(28)10-16)13-22-25(32)30(26(33)36-22)14-23(31)29-19-8-3-2-4-9-19/h2-13H,14-15H2,1H3,(H,29,31)/b22-13-. The fourth-order valence-electron chi connectivity index (χ4n) is 3.40. The van der Waals surface area contributed by atoms with Crippen molar-refractivity contribution in [2.45, 2.75) is 6.61 Å². The molecule has 1 N–H and O–H groups in total. The lowest BCUT2D eigenvalue weighted by Gasteiger charge is -2.14. The molecule has 10 heteroatoms. The van der Waals surface area contributed by atoms with E-state index >= 15 is 0 Å². The second-order valence-electron chi connectivity index (χ2n) is 7.63. The van der Waals surface area contributed by atoms with Gasteiger partial charge in [-0.2, -0.15) is 0 Å². The molecular formula is C26H20BrFN2O5S. The zero-order chi connectivity index (χ0) is 25.7. The minimum Gasteiger partial charge on any atom is -0.493 e. The quantitative estimate of drug-likeness (QED) is 0.342. The van der Waals surface area contributed by atoms with Crippen molar-refractivity contribution in [2.24, 2.45) is 0 Å². The van der Waals surface area contributed by atoms with E-state index in [4.69, 9.17) is 9.47 Å². The number of hydrogen-bond donors (Lipinski definition) is 1. The van der Waals surface area contributed by atoms with Crippen molar-refractivity contribution in [3.63, 3.8) is 0 Å². The van der Waals surface area contributed by atoms with E-state index in [9.17, 15) is 18.8 Å². The Morgan fingerprint density at radius 2 is 1.89 bits per heavy atom. The van der Waals surface area contributed by atoms with E-state index in [1.807, 2.05) is 6.07 Å². The third-order valence-corrected chi connectivity index (χ3v) is 6.55. The van der Waals surface area contributed by atoms with Crippen LogP contribution in [0.25, 0.3) is 6.08 Å². The van der Waals surface area contributed by atoms with Crippen LogP contribution in [0.1, 0.15) is 11.1 Å². The maximum absolute atomic E-state index is 13.4. The average molecular weight is 571 g/mol. The number of thioether (sulfide) groups is 1. The van der Waals surface area contributed by atoms with Gasteiger partial charge >= 0.3 is 0 Å². The number of carbonyl (C=O) groups excluding carboxylic acids is 3. The number of imide groups is 1. The minimum atomic E-state index is -0.560. The number of ether oxygens (including phenoxy) is 2. The van der Waals surface area contributed by atoms with Gasteiger partial charge in [-0.1, -0.05) is 30.3 Å². The first-order valence-corrected chi connectivity index (χ1v) is 12.3. The molecule has 3 amide bonds. The number of benzene rings is 3. The van der Waals surface area contributed by atoms with Crippen molar-refractivity contribution >= 4 is 56.5 Å². The molecule has 0 aliphatic carbocycles. The van der Waals surface area contributed by atoms with Crippen LogP contribution >= 0.6 is 27.7 Å². The predicted molar refractivity (Wildman–Crippen MR) is 139 cm³/mol. The number of nitrogens with one attached hydrogen (secondary N) is 1. The van der Waals surface area contributed by atoms with E-state index in [2.05, 4.69) is 21.2 Å². The lowest BCUT2D eigenvalue weighted by Crippen LogP contribution is -2.36. The highest BCUT2D eigenvalue weighted by atomic mass is 79.9. The van der Waals surface area contributed by atoms with Crippen molar-refractivity contribution in [3.8, 4) is 11.5 Å². The Bertz CT molecular complexity index is 1350. The van der Waals surface area contributed by atoms with Gasteiger partial charge in [0.2, 0.25) is 5.91 Å². The zero-order valence-electron chi connectivity index (χ0n) is 19.0. The Morgan fingerprint density at radius 1 is 1.11 bits per heavy atom. The van der Waals surface area contributed by atoms with Crippen molar-refractivity contribution in [1.29, 1.82) is 0 Å². The normalized spacial score (nSPS) is 14.3. The van der Waals surface area contributed by atoms with E-state index < -0.39 is 23.6 Å². The highest BCUT2D eigenvalue weighted by Crippen LogP contribution is 2.39. The lowest BCUT2D eigenvalue weighted by molar-refractivity contribution is -0.127. The summed E-state index contributed by atoms with van der Waals surface area (Å²) in [5.74, 6) is -0.606. The molecule has 3 aromatic rings. The number of nitrogens with zero attached hydrogens (tertiary/aromatic N) is 1. The number of amides is 3. The highest BCUT2D eigenvalue weighted by Gasteiger charge is 2.36. The molecule has 1 aliphatic heterocycles. The molecule has 3 aromatic carbocycles. The van der Waals surface area contributed by atoms with Gasteiger partial charge in [0, 0.05) is 5.69 Å². The van der Waals surface area contributed by atoms with Gasteiger partial charge in [0.1, 0.15) is 19.0 Å². The maximum Gasteiger partial charge on any atom is 0.294 e. The molecule has 0 atom stereocenters. The Morgan fingerprint density at radius 3 is 2.61 bits per heavy atom. The molecule has 0 unspecified atom stereocenters. The monoisotopic (exact) mass is 570 g/mol. The van der Waals surface area contributed by atoms with E-state index in [0.717, 1.165) is 16.7 Å². The predicted octanol–water partition coefficient (Wildman–Crippen LogP) is 5.85. The molecule has 184 valence electrons. The van der Waals surface area contributed by atoms with Gasteiger partial charge in [0.25, 0.3) is 11.1 Å². The molecule has 1 aliphatic rings. The van der Waals surface area contributed by atoms with E-state index in [1.165, 1.54) is 19.2 Å². The largest absolute Gasteiger partial charge is 0.493 e. The molecule has 1 heterocycles. The van der Waals surface area contributed by atoms with Gasteiger partial charge in [-0.3, -0.25) is 19.3 Å². The van der Waals surface area contributed by atoms with Gasteiger partial charge in [-0.05, 0) is 81.3 Å². The van der Waals surface area contributed by atoms with Crippen molar-refractivity contribution in [2.75, 3.05) is 19.0 Å². The first-order valence-electron chi connectivity index (χ1n) is 10.7. The number of halogens is 2. The number of rotatable bonds is 8. The second-order valence-corrected chi connectivity index (χ2v) is 9.48. The van der Waals surface area contributed by atoms with Crippen molar-refractivity contribution in [1.82, 2.24) is 4.90 Å². The summed E-state index contributed by atoms with van der Waals surface area (Å²) in [4.78, 5) is 38.7. The van der Waals surface area contributed by atoms with Gasteiger partial charge in [0.05, 0.1) is 16.5 Å². The second kappa shape index (κ2) is 11.4. The fourth-order valence-corrected chi connectivity index (χ4v) is 4.81. The van der Waals surface area contributed by atoms with Gasteiger partial charge in [0.15, 0.2) is 11.5 Å². The Hall–Kier alpha value is -3.63. The summed E-state index contributed by atoms with van der Waals surface area (Å²) in [5, 5.41) is 2.13. The highest BCUT2D eigenvalue weighted by molar-refractivity contribution is 9.10. The fraction of sp³-hybridized carbons (Fsp3) is 0.115. The summed E-state index contributed by atoms with van der Waals surface area (Å²) < 4.78 is 25.3. The third kappa shape index (κ3) is 6.13. The van der Waals surface area contributed by atoms with Crippen LogP contribution in [0.15, 0.2) is 76.1 Å².